The molecule has 0 spiro atoms. The average Bonchev–Trinajstić information content (AvgIpc) is 2.54. The maximum absolute atomic E-state index is 12.0. The third kappa shape index (κ3) is 4.76. The molecular formula is C17H24N2O. The summed E-state index contributed by atoms with van der Waals surface area (Å²) < 4.78 is 0. The molecule has 2 aromatic carbocycles. The van der Waals surface area contributed by atoms with E-state index in [9.17, 15) is 4.79 Å². The molecular weight excluding hydrogens is 248 g/mol. The van der Waals surface area contributed by atoms with E-state index >= 15 is 0 Å². The van der Waals surface area contributed by atoms with Gasteiger partial charge in [-0.3, -0.25) is 4.79 Å². The van der Waals surface area contributed by atoms with Gasteiger partial charge >= 0.3 is 0 Å². The highest BCUT2D eigenvalue weighted by Crippen LogP contribution is 2.18. The second-order valence-electron chi connectivity index (χ2n) is 3.54. The first-order valence-electron chi connectivity index (χ1n) is 6.93. The van der Waals surface area contributed by atoms with Gasteiger partial charge in [-0.15, -0.1) is 0 Å². The Labute approximate surface area is 121 Å². The van der Waals surface area contributed by atoms with E-state index in [1.807, 2.05) is 45.9 Å². The van der Waals surface area contributed by atoms with E-state index in [0.717, 1.165) is 0 Å². The molecule has 0 bridgehead atoms. The predicted molar refractivity (Wildman–Crippen MR) is 87.8 cm³/mol. The number of ketones is 1. The zero-order chi connectivity index (χ0) is 15.5. The van der Waals surface area contributed by atoms with Crippen LogP contribution in [0, 0.1) is 0 Å². The maximum atomic E-state index is 12.0. The minimum atomic E-state index is -0.0488. The van der Waals surface area contributed by atoms with Gasteiger partial charge in [0, 0.05) is 11.1 Å². The van der Waals surface area contributed by atoms with Crippen molar-refractivity contribution in [2.24, 2.45) is 0 Å². The molecule has 0 heterocycles. The lowest BCUT2D eigenvalue weighted by Crippen LogP contribution is -2.03. The largest absolute Gasteiger partial charge is 0.397 e. The van der Waals surface area contributed by atoms with E-state index in [0.29, 0.717) is 22.5 Å². The van der Waals surface area contributed by atoms with Crippen LogP contribution < -0.4 is 11.5 Å². The van der Waals surface area contributed by atoms with Gasteiger partial charge in [0.1, 0.15) is 0 Å². The van der Waals surface area contributed by atoms with Gasteiger partial charge in [-0.25, -0.2) is 0 Å². The minimum absolute atomic E-state index is 0.0488. The highest BCUT2D eigenvalue weighted by atomic mass is 16.1. The molecule has 0 aliphatic carbocycles. The van der Waals surface area contributed by atoms with Crippen molar-refractivity contribution in [1.29, 1.82) is 0 Å². The minimum Gasteiger partial charge on any atom is -0.397 e. The van der Waals surface area contributed by atoms with Gasteiger partial charge in [-0.2, -0.15) is 0 Å². The van der Waals surface area contributed by atoms with Crippen LogP contribution in [-0.4, -0.2) is 5.78 Å². The molecule has 0 aliphatic rings. The summed E-state index contributed by atoms with van der Waals surface area (Å²) in [6, 6.07) is 14.0. The molecule has 2 aromatic rings. The van der Waals surface area contributed by atoms with Gasteiger partial charge < -0.3 is 11.5 Å². The van der Waals surface area contributed by atoms with E-state index in [-0.39, 0.29) is 5.78 Å². The Hall–Kier alpha value is -2.29. The molecule has 0 saturated heterocycles. The summed E-state index contributed by atoms with van der Waals surface area (Å²) in [6.45, 7) is 8.00. The van der Waals surface area contributed by atoms with Gasteiger partial charge in [-0.05, 0) is 18.2 Å². The van der Waals surface area contributed by atoms with Crippen LogP contribution in [0.25, 0.3) is 0 Å². The average molecular weight is 272 g/mol. The fraction of sp³-hybridized carbons (Fsp3) is 0.235. The first-order chi connectivity index (χ1) is 9.68. The van der Waals surface area contributed by atoms with Crippen molar-refractivity contribution in [3.05, 3.63) is 59.7 Å². The molecule has 0 unspecified atom stereocenters. The molecule has 2 rings (SSSR count). The number of nitrogens with two attached hydrogens (primary N) is 2. The fourth-order valence-corrected chi connectivity index (χ4v) is 1.47. The van der Waals surface area contributed by atoms with Gasteiger partial charge in [0.05, 0.1) is 11.4 Å². The first kappa shape index (κ1) is 17.7. The summed E-state index contributed by atoms with van der Waals surface area (Å²) in [5, 5.41) is 0. The summed E-state index contributed by atoms with van der Waals surface area (Å²) in [4.78, 5) is 12.0. The number of carbonyl (C=O) groups is 1. The van der Waals surface area contributed by atoms with Crippen LogP contribution in [-0.2, 0) is 0 Å². The van der Waals surface area contributed by atoms with E-state index < -0.39 is 0 Å². The number of hydrogen-bond donors (Lipinski definition) is 2. The zero-order valence-corrected chi connectivity index (χ0v) is 12.7. The molecule has 0 aliphatic heterocycles. The number of hydrogen-bond acceptors (Lipinski definition) is 3. The molecule has 4 N–H and O–H groups in total. The van der Waals surface area contributed by atoms with Gasteiger partial charge in [0.2, 0.25) is 0 Å². The van der Waals surface area contributed by atoms with Crippen LogP contribution in [0.2, 0.25) is 0 Å². The number of rotatable bonds is 2. The Morgan fingerprint density at radius 2 is 1.30 bits per heavy atom. The van der Waals surface area contributed by atoms with Crippen LogP contribution in [0.3, 0.4) is 0 Å². The van der Waals surface area contributed by atoms with Crippen molar-refractivity contribution in [3.63, 3.8) is 0 Å². The molecule has 0 aromatic heterocycles. The monoisotopic (exact) mass is 272 g/mol. The van der Waals surface area contributed by atoms with Gasteiger partial charge in [-0.1, -0.05) is 58.0 Å². The van der Waals surface area contributed by atoms with Crippen LogP contribution >= 0.6 is 0 Å². The van der Waals surface area contributed by atoms with Gasteiger partial charge in [0.25, 0.3) is 0 Å². The summed E-state index contributed by atoms with van der Waals surface area (Å²) in [5.74, 6) is -0.0488. The fourth-order valence-electron chi connectivity index (χ4n) is 1.47. The van der Waals surface area contributed by atoms with E-state index in [2.05, 4.69) is 0 Å². The first-order valence-corrected chi connectivity index (χ1v) is 6.93. The quantitative estimate of drug-likeness (QED) is 0.638. The van der Waals surface area contributed by atoms with Crippen molar-refractivity contribution < 1.29 is 4.79 Å². The molecule has 0 amide bonds. The molecule has 20 heavy (non-hydrogen) atoms. The van der Waals surface area contributed by atoms with E-state index in [1.54, 1.807) is 30.3 Å². The lowest BCUT2D eigenvalue weighted by Gasteiger charge is -2.04. The third-order valence-electron chi connectivity index (χ3n) is 2.38. The Bertz CT molecular complexity index is 522. The second-order valence-corrected chi connectivity index (χ2v) is 3.54. The summed E-state index contributed by atoms with van der Waals surface area (Å²) in [7, 11) is 0. The molecule has 0 atom stereocenters. The van der Waals surface area contributed by atoms with Gasteiger partial charge in [0.15, 0.2) is 5.78 Å². The molecule has 0 saturated carbocycles. The van der Waals surface area contributed by atoms with Crippen molar-refractivity contribution in [3.8, 4) is 0 Å². The Kier molecular flexibility index (Phi) is 8.51. The lowest BCUT2D eigenvalue weighted by molar-refractivity contribution is 0.103. The number of anilines is 2. The molecule has 0 fully saturated rings. The van der Waals surface area contributed by atoms with E-state index in [1.165, 1.54) is 0 Å². The normalized spacial score (nSPS) is 8.60. The van der Waals surface area contributed by atoms with E-state index in [4.69, 9.17) is 11.5 Å². The standard InChI is InChI=1S/C13H12N2O.2C2H6/c14-11-7-6-10(8-12(11)15)13(16)9-4-2-1-3-5-9;2*1-2/h1-8H,14-15H2;2*1-2H3. The number of benzene rings is 2. The summed E-state index contributed by atoms with van der Waals surface area (Å²) >= 11 is 0. The lowest BCUT2D eigenvalue weighted by atomic mass is 10.0. The smallest absolute Gasteiger partial charge is 0.193 e. The van der Waals surface area contributed by atoms with Crippen molar-refractivity contribution in [2.75, 3.05) is 11.5 Å². The third-order valence-corrected chi connectivity index (χ3v) is 2.38. The van der Waals surface area contributed by atoms with Crippen LogP contribution in [0.4, 0.5) is 11.4 Å². The molecule has 0 radical (unpaired) electrons. The van der Waals surface area contributed by atoms with Crippen molar-refractivity contribution >= 4 is 17.2 Å². The second kappa shape index (κ2) is 9.62. The summed E-state index contributed by atoms with van der Waals surface area (Å²) in [5.41, 5.74) is 13.4. The summed E-state index contributed by atoms with van der Waals surface area (Å²) in [6.07, 6.45) is 0. The van der Waals surface area contributed by atoms with Crippen LogP contribution in [0.15, 0.2) is 48.5 Å². The Morgan fingerprint density at radius 3 is 1.80 bits per heavy atom. The highest BCUT2D eigenvalue weighted by Gasteiger charge is 2.09. The Balaban J connectivity index is 0.000000829. The SMILES string of the molecule is CC.CC.Nc1ccc(C(=O)c2ccccc2)cc1N. The zero-order valence-electron chi connectivity index (χ0n) is 12.7. The number of carbonyl (C=O) groups excluding carboxylic acids is 1. The van der Waals surface area contributed by atoms with Crippen molar-refractivity contribution in [2.45, 2.75) is 27.7 Å². The molecule has 3 heteroatoms. The van der Waals surface area contributed by atoms with Crippen molar-refractivity contribution in [1.82, 2.24) is 0 Å². The maximum Gasteiger partial charge on any atom is 0.193 e. The molecule has 108 valence electrons. The topological polar surface area (TPSA) is 69.1 Å². The van der Waals surface area contributed by atoms with Crippen LogP contribution in [0.5, 0.6) is 0 Å². The highest BCUT2D eigenvalue weighted by molar-refractivity contribution is 6.09. The predicted octanol–water partition coefficient (Wildman–Crippen LogP) is 4.13. The van der Waals surface area contributed by atoms with Crippen LogP contribution in [0.1, 0.15) is 43.6 Å². The number of nitrogen functional groups attached to an aromatic ring is 2. The Morgan fingerprint density at radius 1 is 0.750 bits per heavy atom. The molecule has 3 nitrogen and oxygen atoms in total.